The van der Waals surface area contributed by atoms with Crippen LogP contribution in [0.1, 0.15) is 16.1 Å². The molecule has 0 saturated carbocycles. The van der Waals surface area contributed by atoms with Crippen LogP contribution in [0.4, 0.5) is 4.39 Å². The van der Waals surface area contributed by atoms with Gasteiger partial charge in [0.05, 0.1) is 5.02 Å². The van der Waals surface area contributed by atoms with Crippen LogP contribution in [0.2, 0.25) is 5.02 Å². The fourth-order valence-corrected chi connectivity index (χ4v) is 2.95. The van der Waals surface area contributed by atoms with E-state index in [-0.39, 0.29) is 17.2 Å². The molecule has 0 aliphatic rings. The lowest BCUT2D eigenvalue weighted by molar-refractivity contribution is 0.0987. The van der Waals surface area contributed by atoms with Crippen molar-refractivity contribution in [3.8, 4) is 0 Å². The van der Waals surface area contributed by atoms with E-state index in [9.17, 15) is 9.18 Å². The number of ketones is 1. The summed E-state index contributed by atoms with van der Waals surface area (Å²) in [7, 11) is 0. The van der Waals surface area contributed by atoms with Crippen LogP contribution in [-0.2, 0) is 6.42 Å². The fraction of sp³-hybridized carbons (Fsp3) is 0.0769. The first-order valence-corrected chi connectivity index (χ1v) is 7.22. The summed E-state index contributed by atoms with van der Waals surface area (Å²) in [5.74, 6) is -0.664. The highest BCUT2D eigenvalue weighted by Crippen LogP contribution is 2.22. The smallest absolute Gasteiger partial charge is 0.186 e. The number of aromatic nitrogens is 1. The van der Waals surface area contributed by atoms with E-state index < -0.39 is 5.82 Å². The summed E-state index contributed by atoms with van der Waals surface area (Å²) in [6.45, 7) is 0. The molecular formula is C13H7Br2ClFNO. The Morgan fingerprint density at radius 2 is 2.05 bits per heavy atom. The second-order valence-electron chi connectivity index (χ2n) is 3.83. The highest BCUT2D eigenvalue weighted by atomic mass is 79.9. The summed E-state index contributed by atoms with van der Waals surface area (Å²) in [4.78, 5) is 16.2. The molecule has 2 rings (SSSR count). The molecule has 0 saturated heterocycles. The maximum atomic E-state index is 13.0. The van der Waals surface area contributed by atoms with Crippen molar-refractivity contribution in [3.63, 3.8) is 0 Å². The Kier molecular flexibility index (Phi) is 4.71. The van der Waals surface area contributed by atoms with Gasteiger partial charge >= 0.3 is 0 Å². The second kappa shape index (κ2) is 6.11. The number of hydrogen-bond acceptors (Lipinski definition) is 2. The van der Waals surface area contributed by atoms with Crippen molar-refractivity contribution in [2.45, 2.75) is 6.42 Å². The molecule has 1 aromatic heterocycles. The number of Topliss-reactive ketones (excluding diaryl/α,β-unsaturated/α-hetero) is 1. The van der Waals surface area contributed by atoms with Crippen LogP contribution in [0.25, 0.3) is 0 Å². The maximum absolute atomic E-state index is 13.0. The van der Waals surface area contributed by atoms with Crippen molar-refractivity contribution in [2.75, 3.05) is 0 Å². The van der Waals surface area contributed by atoms with Crippen LogP contribution >= 0.6 is 43.5 Å². The van der Waals surface area contributed by atoms with Gasteiger partial charge in [-0.1, -0.05) is 17.7 Å². The molecule has 2 aromatic rings. The number of pyridine rings is 1. The predicted octanol–water partition coefficient (Wildman–Crippen LogP) is 4.82. The molecule has 19 heavy (non-hydrogen) atoms. The molecule has 1 aromatic carbocycles. The molecule has 0 atom stereocenters. The van der Waals surface area contributed by atoms with Crippen LogP contribution in [0, 0.1) is 5.82 Å². The standard InChI is InChI=1S/C13H7Br2ClFNO/c14-8-5-9(15)13(18-6-8)12(19)4-7-1-2-11(17)10(16)3-7/h1-3,5-6H,4H2. The largest absolute Gasteiger partial charge is 0.292 e. The molecule has 98 valence electrons. The van der Waals surface area contributed by atoms with Crippen molar-refractivity contribution >= 4 is 49.2 Å². The fourth-order valence-electron chi connectivity index (χ4n) is 1.54. The normalized spacial score (nSPS) is 10.5. The average Bonchev–Trinajstić information content (AvgIpc) is 2.33. The lowest BCUT2D eigenvalue weighted by atomic mass is 10.1. The number of rotatable bonds is 3. The van der Waals surface area contributed by atoms with Gasteiger partial charge in [-0.25, -0.2) is 4.39 Å². The molecule has 0 spiro atoms. The Labute approximate surface area is 131 Å². The third-order valence-electron chi connectivity index (χ3n) is 2.42. The minimum atomic E-state index is -0.499. The Hall–Kier alpha value is -0.780. The van der Waals surface area contributed by atoms with Crippen molar-refractivity contribution in [2.24, 2.45) is 0 Å². The predicted molar refractivity (Wildman–Crippen MR) is 79.1 cm³/mol. The Morgan fingerprint density at radius 3 is 2.68 bits per heavy atom. The lowest BCUT2D eigenvalue weighted by Gasteiger charge is -2.04. The van der Waals surface area contributed by atoms with E-state index in [0.29, 0.717) is 15.7 Å². The minimum absolute atomic E-state index is 0.00753. The van der Waals surface area contributed by atoms with E-state index in [2.05, 4.69) is 36.8 Å². The molecule has 0 fully saturated rings. The maximum Gasteiger partial charge on any atom is 0.186 e. The topological polar surface area (TPSA) is 30.0 Å². The average molecular weight is 407 g/mol. The first kappa shape index (κ1) is 14.6. The van der Waals surface area contributed by atoms with Gasteiger partial charge in [0.1, 0.15) is 11.5 Å². The van der Waals surface area contributed by atoms with E-state index >= 15 is 0 Å². The first-order chi connectivity index (χ1) is 8.97. The summed E-state index contributed by atoms with van der Waals surface area (Å²) < 4.78 is 14.4. The summed E-state index contributed by atoms with van der Waals surface area (Å²) in [5.41, 5.74) is 0.983. The number of benzene rings is 1. The van der Waals surface area contributed by atoms with Crippen LogP contribution in [0.5, 0.6) is 0 Å². The zero-order chi connectivity index (χ0) is 14.0. The number of carbonyl (C=O) groups is 1. The summed E-state index contributed by atoms with van der Waals surface area (Å²) in [6, 6.07) is 5.97. The number of carbonyl (C=O) groups excluding carboxylic acids is 1. The van der Waals surface area contributed by atoms with Crippen molar-refractivity contribution in [3.05, 3.63) is 61.5 Å². The van der Waals surface area contributed by atoms with Gasteiger partial charge in [0.15, 0.2) is 5.78 Å². The molecule has 1 heterocycles. The zero-order valence-corrected chi connectivity index (χ0v) is 13.4. The summed E-state index contributed by atoms with van der Waals surface area (Å²) in [5, 5.41) is 0.00753. The molecule has 0 amide bonds. The number of hydrogen-bond donors (Lipinski definition) is 0. The van der Waals surface area contributed by atoms with E-state index in [1.54, 1.807) is 12.3 Å². The molecule has 0 bridgehead atoms. The molecule has 0 N–H and O–H groups in total. The number of halogens is 4. The highest BCUT2D eigenvalue weighted by molar-refractivity contribution is 9.11. The highest BCUT2D eigenvalue weighted by Gasteiger charge is 2.13. The molecular weight excluding hydrogens is 400 g/mol. The Morgan fingerprint density at radius 1 is 1.32 bits per heavy atom. The Balaban J connectivity index is 2.23. The van der Waals surface area contributed by atoms with Crippen LogP contribution in [-0.4, -0.2) is 10.8 Å². The van der Waals surface area contributed by atoms with Gasteiger partial charge < -0.3 is 0 Å². The third kappa shape index (κ3) is 3.61. The van der Waals surface area contributed by atoms with E-state index in [0.717, 1.165) is 4.47 Å². The molecule has 0 aliphatic carbocycles. The second-order valence-corrected chi connectivity index (χ2v) is 6.01. The van der Waals surface area contributed by atoms with Crippen LogP contribution < -0.4 is 0 Å². The molecule has 0 radical (unpaired) electrons. The zero-order valence-electron chi connectivity index (χ0n) is 9.46. The Bertz CT molecular complexity index is 649. The van der Waals surface area contributed by atoms with Gasteiger partial charge in [0, 0.05) is 21.6 Å². The van der Waals surface area contributed by atoms with Crippen LogP contribution in [0.3, 0.4) is 0 Å². The molecule has 2 nitrogen and oxygen atoms in total. The quantitative estimate of drug-likeness (QED) is 0.683. The molecule has 6 heteroatoms. The van der Waals surface area contributed by atoms with Gasteiger partial charge in [-0.15, -0.1) is 0 Å². The first-order valence-electron chi connectivity index (χ1n) is 5.25. The van der Waals surface area contributed by atoms with Gasteiger partial charge in [0.2, 0.25) is 0 Å². The van der Waals surface area contributed by atoms with E-state index in [1.165, 1.54) is 18.2 Å². The summed E-state index contributed by atoms with van der Waals surface area (Å²) >= 11 is 12.2. The van der Waals surface area contributed by atoms with Crippen LogP contribution in [0.15, 0.2) is 39.4 Å². The van der Waals surface area contributed by atoms with E-state index in [4.69, 9.17) is 11.6 Å². The van der Waals surface area contributed by atoms with Gasteiger partial charge in [0.25, 0.3) is 0 Å². The van der Waals surface area contributed by atoms with E-state index in [1.807, 2.05) is 0 Å². The van der Waals surface area contributed by atoms with Gasteiger partial charge in [-0.05, 0) is 55.6 Å². The minimum Gasteiger partial charge on any atom is -0.292 e. The monoisotopic (exact) mass is 405 g/mol. The molecule has 0 aliphatic heterocycles. The third-order valence-corrected chi connectivity index (χ3v) is 3.75. The SMILES string of the molecule is O=C(Cc1ccc(F)c(Cl)c1)c1ncc(Br)cc1Br. The van der Waals surface area contributed by atoms with Crippen molar-refractivity contribution in [1.82, 2.24) is 4.98 Å². The van der Waals surface area contributed by atoms with Crippen molar-refractivity contribution in [1.29, 1.82) is 0 Å². The number of nitrogens with zero attached hydrogens (tertiary/aromatic N) is 1. The van der Waals surface area contributed by atoms with Gasteiger partial charge in [-0.2, -0.15) is 0 Å². The summed E-state index contributed by atoms with van der Waals surface area (Å²) in [6.07, 6.45) is 1.67. The lowest BCUT2D eigenvalue weighted by Crippen LogP contribution is -2.07. The van der Waals surface area contributed by atoms with Gasteiger partial charge in [-0.3, -0.25) is 9.78 Å². The van der Waals surface area contributed by atoms with Crippen molar-refractivity contribution < 1.29 is 9.18 Å². The molecule has 0 unspecified atom stereocenters.